The average molecular weight is 448 g/mol. The number of rotatable bonds is 6. The van der Waals surface area contributed by atoms with E-state index in [1.807, 2.05) is 12.1 Å². The third kappa shape index (κ3) is 3.59. The molecule has 0 atom stereocenters. The first-order valence-electron chi connectivity index (χ1n) is 10.0. The maximum Gasteiger partial charge on any atom is 0.269 e. The van der Waals surface area contributed by atoms with E-state index < -0.39 is 5.41 Å². The highest BCUT2D eigenvalue weighted by atomic mass is 35.5. The molecule has 2 aromatic carbocycles. The number of fused-ring (bicyclic) bond motifs is 1. The smallest absolute Gasteiger partial charge is 0.269 e. The van der Waals surface area contributed by atoms with Crippen molar-refractivity contribution in [3.05, 3.63) is 70.2 Å². The van der Waals surface area contributed by atoms with E-state index in [4.69, 9.17) is 25.5 Å². The molecule has 160 valence electrons. The third-order valence-electron chi connectivity index (χ3n) is 5.60. The Morgan fingerprint density at radius 1 is 1.19 bits per heavy atom. The molecule has 0 unspecified atom stereocenters. The van der Waals surface area contributed by atoms with Crippen molar-refractivity contribution >= 4 is 22.7 Å². The molecule has 2 aromatic heterocycles. The summed E-state index contributed by atoms with van der Waals surface area (Å²) in [5.74, 6) is 1.53. The molecule has 0 N–H and O–H groups in total. The van der Waals surface area contributed by atoms with Crippen LogP contribution in [0.5, 0.6) is 11.5 Å². The van der Waals surface area contributed by atoms with Gasteiger partial charge in [0.1, 0.15) is 24.1 Å². The molecule has 1 aliphatic carbocycles. The molecule has 0 aliphatic heterocycles. The second-order valence-corrected chi connectivity index (χ2v) is 8.21. The molecular formula is C24H18ClN3O4. The molecule has 32 heavy (non-hydrogen) atoms. The van der Waals surface area contributed by atoms with E-state index in [1.54, 1.807) is 36.4 Å². The van der Waals surface area contributed by atoms with Crippen LogP contribution >= 0.6 is 11.6 Å². The lowest BCUT2D eigenvalue weighted by molar-refractivity contribution is 0.255. The fraction of sp³-hybridized carbons (Fsp3) is 0.208. The zero-order valence-corrected chi connectivity index (χ0v) is 17.9. The van der Waals surface area contributed by atoms with Crippen LogP contribution in [0.15, 0.2) is 64.1 Å². The van der Waals surface area contributed by atoms with Crippen molar-refractivity contribution in [2.24, 2.45) is 5.41 Å². The highest BCUT2D eigenvalue weighted by molar-refractivity contribution is 6.30. The largest absolute Gasteiger partial charge is 0.493 e. The summed E-state index contributed by atoms with van der Waals surface area (Å²) >= 11 is 5.95. The Balaban J connectivity index is 1.48. The van der Waals surface area contributed by atoms with E-state index in [9.17, 15) is 10.1 Å². The van der Waals surface area contributed by atoms with Crippen molar-refractivity contribution in [2.75, 3.05) is 13.7 Å². The van der Waals surface area contributed by atoms with Gasteiger partial charge in [0.2, 0.25) is 5.71 Å². The number of halogens is 1. The van der Waals surface area contributed by atoms with Crippen LogP contribution in [0.4, 0.5) is 0 Å². The molecule has 1 fully saturated rings. The second kappa shape index (κ2) is 7.74. The van der Waals surface area contributed by atoms with E-state index in [0.29, 0.717) is 40.0 Å². The Morgan fingerprint density at radius 3 is 2.66 bits per heavy atom. The van der Waals surface area contributed by atoms with Gasteiger partial charge in [-0.05, 0) is 55.3 Å². The number of aromatic nitrogens is 2. The fourth-order valence-corrected chi connectivity index (χ4v) is 3.57. The van der Waals surface area contributed by atoms with Gasteiger partial charge < -0.3 is 13.9 Å². The zero-order valence-electron chi connectivity index (χ0n) is 17.2. The molecule has 0 radical (unpaired) electrons. The standard InChI is InChI=1S/C24H18ClN3O4/c1-30-21-10-17(6-7-19(21)31-13-24(12-26)8-9-24)28-14-27-22-18(23(28)29)11-20(32-22)15-2-4-16(25)5-3-15/h2-7,10-11,14H,8-9,13H2,1H3. The van der Waals surface area contributed by atoms with Gasteiger partial charge in [-0.1, -0.05) is 11.6 Å². The molecule has 0 spiro atoms. The lowest BCUT2D eigenvalue weighted by atomic mass is 10.1. The number of hydrogen-bond donors (Lipinski definition) is 0. The zero-order chi connectivity index (χ0) is 22.3. The van der Waals surface area contributed by atoms with Gasteiger partial charge in [0, 0.05) is 16.7 Å². The molecule has 8 heteroatoms. The minimum absolute atomic E-state index is 0.259. The Kier molecular flexibility index (Phi) is 4.87. The van der Waals surface area contributed by atoms with Crippen molar-refractivity contribution in [1.82, 2.24) is 9.55 Å². The predicted octanol–water partition coefficient (Wildman–Crippen LogP) is 4.99. The summed E-state index contributed by atoms with van der Waals surface area (Å²) in [6.07, 6.45) is 3.10. The van der Waals surface area contributed by atoms with Crippen LogP contribution in [0.2, 0.25) is 5.02 Å². The maximum absolute atomic E-state index is 13.2. The predicted molar refractivity (Wildman–Crippen MR) is 119 cm³/mol. The maximum atomic E-state index is 13.2. The Hall–Kier alpha value is -3.76. The van der Waals surface area contributed by atoms with E-state index >= 15 is 0 Å². The summed E-state index contributed by atoms with van der Waals surface area (Å²) in [5, 5.41) is 10.2. The first-order chi connectivity index (χ1) is 15.5. The summed E-state index contributed by atoms with van der Waals surface area (Å²) in [6, 6.07) is 16.3. The van der Waals surface area contributed by atoms with Crippen LogP contribution in [0.3, 0.4) is 0 Å². The molecular weight excluding hydrogens is 430 g/mol. The van der Waals surface area contributed by atoms with Crippen molar-refractivity contribution in [2.45, 2.75) is 12.8 Å². The monoisotopic (exact) mass is 447 g/mol. The Bertz CT molecular complexity index is 1410. The van der Waals surface area contributed by atoms with Gasteiger partial charge >= 0.3 is 0 Å². The molecule has 1 aliphatic rings. The molecule has 2 heterocycles. The summed E-state index contributed by atoms with van der Waals surface area (Å²) < 4.78 is 18.5. The van der Waals surface area contributed by atoms with Crippen LogP contribution in [-0.4, -0.2) is 23.3 Å². The van der Waals surface area contributed by atoms with Gasteiger partial charge in [-0.2, -0.15) is 5.26 Å². The summed E-state index contributed by atoms with van der Waals surface area (Å²) in [7, 11) is 1.53. The number of benzene rings is 2. The van der Waals surface area contributed by atoms with E-state index in [0.717, 1.165) is 18.4 Å². The number of ether oxygens (including phenoxy) is 2. The van der Waals surface area contributed by atoms with Crippen molar-refractivity contribution in [1.29, 1.82) is 5.26 Å². The highest BCUT2D eigenvalue weighted by Crippen LogP contribution is 2.45. The van der Waals surface area contributed by atoms with Crippen molar-refractivity contribution in [3.8, 4) is 34.6 Å². The average Bonchev–Trinajstić information content (AvgIpc) is 3.47. The molecule has 0 bridgehead atoms. The first kappa shape index (κ1) is 20.2. The number of hydrogen-bond acceptors (Lipinski definition) is 6. The third-order valence-corrected chi connectivity index (χ3v) is 5.85. The Morgan fingerprint density at radius 2 is 1.97 bits per heavy atom. The van der Waals surface area contributed by atoms with Crippen LogP contribution in [0.25, 0.3) is 28.1 Å². The van der Waals surface area contributed by atoms with Crippen LogP contribution in [0, 0.1) is 16.7 Å². The summed E-state index contributed by atoms with van der Waals surface area (Å²) in [4.78, 5) is 17.5. The van der Waals surface area contributed by atoms with E-state index in [-0.39, 0.29) is 11.3 Å². The van der Waals surface area contributed by atoms with Crippen LogP contribution in [0.1, 0.15) is 12.8 Å². The minimum Gasteiger partial charge on any atom is -0.493 e. The van der Waals surface area contributed by atoms with Crippen molar-refractivity contribution < 1.29 is 13.9 Å². The first-order valence-corrected chi connectivity index (χ1v) is 10.4. The molecule has 7 nitrogen and oxygen atoms in total. The highest BCUT2D eigenvalue weighted by Gasteiger charge is 2.44. The lowest BCUT2D eigenvalue weighted by Gasteiger charge is -2.14. The normalized spacial score (nSPS) is 14.2. The van der Waals surface area contributed by atoms with E-state index in [1.165, 1.54) is 18.0 Å². The number of nitriles is 1. The summed E-state index contributed by atoms with van der Waals surface area (Å²) in [6.45, 7) is 0.315. The van der Waals surface area contributed by atoms with Crippen LogP contribution < -0.4 is 15.0 Å². The van der Waals surface area contributed by atoms with Gasteiger partial charge in [-0.25, -0.2) is 4.98 Å². The summed E-state index contributed by atoms with van der Waals surface area (Å²) in [5.41, 5.74) is 0.973. The van der Waals surface area contributed by atoms with E-state index in [2.05, 4.69) is 11.1 Å². The number of furan rings is 1. The van der Waals surface area contributed by atoms with Gasteiger partial charge in [0.15, 0.2) is 11.5 Å². The van der Waals surface area contributed by atoms with Gasteiger partial charge in [-0.3, -0.25) is 9.36 Å². The minimum atomic E-state index is -0.390. The lowest BCUT2D eigenvalue weighted by Crippen LogP contribution is -2.18. The van der Waals surface area contributed by atoms with Crippen molar-refractivity contribution in [3.63, 3.8) is 0 Å². The Labute approximate surface area is 188 Å². The SMILES string of the molecule is COc1cc(-n2cnc3oc(-c4ccc(Cl)cc4)cc3c2=O)ccc1OCC1(C#N)CC1. The molecule has 5 rings (SSSR count). The fourth-order valence-electron chi connectivity index (χ4n) is 3.44. The van der Waals surface area contributed by atoms with Gasteiger partial charge in [0.05, 0.1) is 24.3 Å². The molecule has 0 saturated heterocycles. The van der Waals surface area contributed by atoms with Gasteiger partial charge in [-0.15, -0.1) is 0 Å². The van der Waals surface area contributed by atoms with Crippen LogP contribution in [-0.2, 0) is 0 Å². The number of methoxy groups -OCH3 is 1. The number of nitrogens with zero attached hydrogens (tertiary/aromatic N) is 3. The second-order valence-electron chi connectivity index (χ2n) is 7.77. The molecule has 0 amide bonds. The topological polar surface area (TPSA) is 90.3 Å². The molecule has 4 aromatic rings. The van der Waals surface area contributed by atoms with Gasteiger partial charge in [0.25, 0.3) is 5.56 Å². The quantitative estimate of drug-likeness (QED) is 0.413. The molecule has 1 saturated carbocycles.